The van der Waals surface area contributed by atoms with Crippen LogP contribution in [0.5, 0.6) is 5.75 Å². The van der Waals surface area contributed by atoms with Gasteiger partial charge in [-0.1, -0.05) is 11.6 Å². The SMILES string of the molecule is CC(ON)OC(=O)C1=Cc2cc(Cl)cc(C(O)(O)O)c2OC1C(F)(F)F.CNCCO.[NH3+]O. The molecule has 11 N–H and O–H groups in total. The number of esters is 1. The van der Waals surface area contributed by atoms with Crippen LogP contribution in [0, 0.1) is 0 Å². The normalized spacial score (nSPS) is 16.0. The fraction of sp³-hybridized carbons (Fsp3) is 0.471. The molecule has 16 heteroatoms. The molecule has 0 amide bonds. The van der Waals surface area contributed by atoms with Crippen molar-refractivity contribution in [2.24, 2.45) is 5.90 Å². The van der Waals surface area contributed by atoms with Gasteiger partial charge in [-0.15, -0.1) is 0 Å². The molecule has 12 nitrogen and oxygen atoms in total. The van der Waals surface area contributed by atoms with Crippen LogP contribution in [0.1, 0.15) is 18.1 Å². The summed E-state index contributed by atoms with van der Waals surface area (Å²) in [6.07, 6.45) is -8.48. The van der Waals surface area contributed by atoms with Gasteiger partial charge in [-0.3, -0.25) is 4.84 Å². The molecule has 0 saturated carbocycles. The van der Waals surface area contributed by atoms with E-state index in [0.29, 0.717) is 6.54 Å². The van der Waals surface area contributed by atoms with E-state index in [1.165, 1.54) is 6.92 Å². The highest BCUT2D eigenvalue weighted by Gasteiger charge is 2.50. The minimum absolute atomic E-state index is 0.169. The van der Waals surface area contributed by atoms with Crippen LogP contribution in [0.25, 0.3) is 6.08 Å². The van der Waals surface area contributed by atoms with Crippen molar-refractivity contribution in [3.63, 3.8) is 0 Å². The van der Waals surface area contributed by atoms with Crippen molar-refractivity contribution in [3.05, 3.63) is 33.9 Å². The molecule has 0 saturated heterocycles. The second-order valence-corrected chi connectivity index (χ2v) is 6.52. The topological polar surface area (TPSA) is 212 Å². The number of fused-ring (bicyclic) bond motifs is 1. The van der Waals surface area contributed by atoms with E-state index in [-0.39, 0.29) is 17.2 Å². The first-order valence-corrected chi connectivity index (χ1v) is 9.23. The third kappa shape index (κ3) is 9.38. The average molecular weight is 509 g/mol. The zero-order chi connectivity index (χ0) is 26.0. The summed E-state index contributed by atoms with van der Waals surface area (Å²) in [4.78, 5) is 16.2. The summed E-state index contributed by atoms with van der Waals surface area (Å²) in [5.74, 6) is 1.36. The number of hydrogen-bond acceptors (Lipinski definition) is 11. The predicted octanol–water partition coefficient (Wildman–Crippen LogP) is -1.27. The highest BCUT2D eigenvalue weighted by atomic mass is 35.5. The fourth-order valence-electron chi connectivity index (χ4n) is 2.29. The zero-order valence-electron chi connectivity index (χ0n) is 17.5. The molecule has 2 atom stereocenters. The molecule has 33 heavy (non-hydrogen) atoms. The van der Waals surface area contributed by atoms with E-state index >= 15 is 0 Å². The zero-order valence-corrected chi connectivity index (χ0v) is 18.2. The third-order valence-corrected chi connectivity index (χ3v) is 3.85. The molecular formula is C17H26ClF3N3O9+. The molecule has 0 fully saturated rings. The van der Waals surface area contributed by atoms with E-state index < -0.39 is 47.4 Å². The van der Waals surface area contributed by atoms with Gasteiger partial charge in [-0.2, -0.15) is 13.2 Å². The number of likely N-dealkylation sites (N-methyl/N-ethyl adjacent to an activating group) is 1. The number of hydrogen-bond donors (Lipinski definition) is 8. The first kappa shape index (κ1) is 30.9. The van der Waals surface area contributed by atoms with E-state index in [9.17, 15) is 33.3 Å². The summed E-state index contributed by atoms with van der Waals surface area (Å²) in [5.41, 5.74) is -2.01. The lowest BCUT2D eigenvalue weighted by molar-refractivity contribution is -0.670. The molecule has 1 aliphatic heterocycles. The lowest BCUT2D eigenvalue weighted by atomic mass is 9.98. The van der Waals surface area contributed by atoms with Crippen LogP contribution < -0.4 is 21.8 Å². The maximum absolute atomic E-state index is 13.3. The van der Waals surface area contributed by atoms with Gasteiger partial charge in [0.05, 0.1) is 17.7 Å². The fourth-order valence-corrected chi connectivity index (χ4v) is 2.52. The van der Waals surface area contributed by atoms with Gasteiger partial charge < -0.3 is 35.2 Å². The second kappa shape index (κ2) is 13.6. The van der Waals surface area contributed by atoms with Crippen LogP contribution in [0.15, 0.2) is 17.7 Å². The standard InChI is InChI=1S/C14H13ClF3NO7.C3H9NO.H4NO/c1-5(26-19)24-12(20)8-3-6-2-7(15)4-9(14(21,22)23)10(6)25-11(8)13(16,17)18;1-4-2-3-5;1-2/h2-5,11,21-23H,19H2,1H3;4-5H,2-3H2,1H3;2H,1H3/q;;+1. The van der Waals surface area contributed by atoms with Gasteiger partial charge in [0, 0.05) is 17.1 Å². The average Bonchev–Trinajstić information content (AvgIpc) is 2.73. The Morgan fingerprint density at radius 3 is 2.30 bits per heavy atom. The van der Waals surface area contributed by atoms with E-state index in [1.54, 1.807) is 7.05 Å². The minimum atomic E-state index is -5.07. The Balaban J connectivity index is 0.00000129. The maximum Gasteiger partial charge on any atom is 0.430 e. The summed E-state index contributed by atoms with van der Waals surface area (Å²) < 4.78 is 49.3. The Bertz CT molecular complexity index is 802. The number of carbonyl (C=O) groups is 1. The van der Waals surface area contributed by atoms with Gasteiger partial charge in [0.25, 0.3) is 0 Å². The minimum Gasteiger partial charge on any atom is -0.475 e. The van der Waals surface area contributed by atoms with Crippen molar-refractivity contribution in [1.29, 1.82) is 0 Å². The van der Waals surface area contributed by atoms with Gasteiger partial charge >= 0.3 is 18.1 Å². The Morgan fingerprint density at radius 1 is 1.33 bits per heavy atom. The van der Waals surface area contributed by atoms with Crippen LogP contribution in [0.4, 0.5) is 13.2 Å². The number of benzene rings is 1. The van der Waals surface area contributed by atoms with Gasteiger partial charge in [-0.25, -0.2) is 21.8 Å². The number of carbonyl (C=O) groups excluding carboxylic acids is 1. The molecule has 0 radical (unpaired) electrons. The Morgan fingerprint density at radius 2 is 1.91 bits per heavy atom. The molecule has 0 aliphatic carbocycles. The number of aliphatic hydroxyl groups is 4. The summed E-state index contributed by atoms with van der Waals surface area (Å²) in [5, 5.41) is 45.4. The number of nitrogens with one attached hydrogen (secondary N) is 1. The highest BCUT2D eigenvalue weighted by Crippen LogP contribution is 2.42. The molecule has 0 bridgehead atoms. The Hall–Kier alpha value is -2.05. The van der Waals surface area contributed by atoms with Gasteiger partial charge in [0.1, 0.15) is 5.75 Å². The van der Waals surface area contributed by atoms with Crippen molar-refractivity contribution < 1.29 is 63.8 Å². The van der Waals surface area contributed by atoms with Gasteiger partial charge in [-0.05, 0) is 32.2 Å². The predicted molar refractivity (Wildman–Crippen MR) is 105 cm³/mol. The Kier molecular flexibility index (Phi) is 12.8. The molecule has 1 heterocycles. The maximum atomic E-state index is 13.3. The van der Waals surface area contributed by atoms with Crippen LogP contribution in [-0.2, 0) is 20.3 Å². The van der Waals surface area contributed by atoms with Crippen LogP contribution in [-0.4, -0.2) is 70.4 Å². The molecule has 1 aromatic carbocycles. The van der Waals surface area contributed by atoms with E-state index in [1.807, 2.05) is 0 Å². The summed E-state index contributed by atoms with van der Waals surface area (Å²) in [6, 6.07) is 1.89. The second-order valence-electron chi connectivity index (χ2n) is 6.08. The lowest BCUT2D eigenvalue weighted by Crippen LogP contribution is -2.42. The summed E-state index contributed by atoms with van der Waals surface area (Å²) >= 11 is 5.76. The first-order chi connectivity index (χ1) is 15.3. The van der Waals surface area contributed by atoms with Crippen molar-refractivity contribution in [2.45, 2.75) is 31.5 Å². The smallest absolute Gasteiger partial charge is 0.430 e. The first-order valence-electron chi connectivity index (χ1n) is 8.85. The number of halogens is 4. The number of nitrogens with two attached hydrogens (primary N) is 1. The number of quaternary nitrogens is 1. The number of aliphatic hydroxyl groups excluding tert-OH is 1. The van der Waals surface area contributed by atoms with Crippen molar-refractivity contribution in [2.75, 3.05) is 20.2 Å². The number of ether oxygens (including phenoxy) is 2. The largest absolute Gasteiger partial charge is 0.475 e. The summed E-state index contributed by atoms with van der Waals surface area (Å²) in [6.45, 7) is 2.10. The van der Waals surface area contributed by atoms with Gasteiger partial charge in [0.2, 0.25) is 12.4 Å². The molecule has 0 spiro atoms. The van der Waals surface area contributed by atoms with Crippen LogP contribution in [0.3, 0.4) is 0 Å². The quantitative estimate of drug-likeness (QED) is 0.129. The van der Waals surface area contributed by atoms with Crippen molar-refractivity contribution >= 4 is 23.6 Å². The van der Waals surface area contributed by atoms with E-state index in [2.05, 4.69) is 20.8 Å². The number of rotatable bonds is 6. The van der Waals surface area contributed by atoms with Crippen LogP contribution >= 0.6 is 11.6 Å². The van der Waals surface area contributed by atoms with Crippen molar-refractivity contribution in [3.8, 4) is 5.75 Å². The number of alkyl halides is 3. The van der Waals surface area contributed by atoms with Gasteiger partial charge in [0.15, 0.2) is 0 Å². The molecule has 1 aromatic rings. The molecule has 190 valence electrons. The van der Waals surface area contributed by atoms with E-state index in [0.717, 1.165) is 18.2 Å². The molecule has 2 unspecified atom stereocenters. The summed E-state index contributed by atoms with van der Waals surface area (Å²) in [7, 11) is 1.80. The lowest BCUT2D eigenvalue weighted by Gasteiger charge is -2.31. The van der Waals surface area contributed by atoms with Crippen molar-refractivity contribution in [1.82, 2.24) is 5.32 Å². The molecular weight excluding hydrogens is 483 g/mol. The monoisotopic (exact) mass is 508 g/mol. The molecule has 2 rings (SSSR count). The van der Waals surface area contributed by atoms with Crippen LogP contribution in [0.2, 0.25) is 5.02 Å². The highest BCUT2D eigenvalue weighted by molar-refractivity contribution is 6.31. The third-order valence-electron chi connectivity index (χ3n) is 3.63. The Labute approximate surface area is 190 Å². The van der Waals surface area contributed by atoms with E-state index in [4.69, 9.17) is 32.5 Å². The molecule has 1 aliphatic rings. The molecule has 0 aromatic heterocycles.